The molecule has 1 N–H and O–H groups in total. The Kier molecular flexibility index (Phi) is 7.46. The van der Waals surface area contributed by atoms with Crippen LogP contribution in [0.3, 0.4) is 0 Å². The van der Waals surface area contributed by atoms with Crippen molar-refractivity contribution < 1.29 is 9.57 Å². The summed E-state index contributed by atoms with van der Waals surface area (Å²) in [6.45, 7) is 7.80. The van der Waals surface area contributed by atoms with Crippen LogP contribution in [0, 0.1) is 0 Å². The average Bonchev–Trinajstić information content (AvgIpc) is 1.96. The minimum atomic E-state index is 0.590. The summed E-state index contributed by atoms with van der Waals surface area (Å²) in [5.74, 6) is 0. The van der Waals surface area contributed by atoms with Crippen molar-refractivity contribution in [3.63, 3.8) is 0 Å². The molecular weight excluding hydrogens is 142 g/mol. The first-order valence-electron chi connectivity index (χ1n) is 3.75. The number of ether oxygens (including phenoxy) is 1. The fourth-order valence-electron chi connectivity index (χ4n) is 0.534. The molecule has 3 heteroatoms. The molecule has 0 amide bonds. The third-order valence-corrected chi connectivity index (χ3v) is 1.15. The Morgan fingerprint density at radius 3 is 2.73 bits per heavy atom. The lowest BCUT2D eigenvalue weighted by Crippen LogP contribution is -2.18. The van der Waals surface area contributed by atoms with Crippen molar-refractivity contribution >= 4 is 0 Å². The molecule has 0 bridgehead atoms. The number of nitrogens with one attached hydrogen (secondary N) is 1. The molecule has 0 aliphatic rings. The van der Waals surface area contributed by atoms with E-state index in [9.17, 15) is 0 Å². The van der Waals surface area contributed by atoms with Crippen molar-refractivity contribution in [1.29, 1.82) is 0 Å². The number of hydrogen-bond acceptors (Lipinski definition) is 3. The molecular formula is C8H17NO2. The molecule has 0 aromatic heterocycles. The minimum Gasteiger partial charge on any atom is -0.382 e. The topological polar surface area (TPSA) is 30.5 Å². The standard InChI is InChI=1S/C8H17NO2/c1-8(2)4-5-9-11-7-6-10-3/h9H,1,4-7H2,2-3H3. The minimum absolute atomic E-state index is 0.590. The van der Waals surface area contributed by atoms with E-state index in [-0.39, 0.29) is 0 Å². The van der Waals surface area contributed by atoms with E-state index in [2.05, 4.69) is 12.1 Å². The van der Waals surface area contributed by atoms with Gasteiger partial charge in [0.05, 0.1) is 13.2 Å². The van der Waals surface area contributed by atoms with Gasteiger partial charge in [0.1, 0.15) is 0 Å². The maximum Gasteiger partial charge on any atom is 0.0915 e. The first-order chi connectivity index (χ1) is 5.27. The van der Waals surface area contributed by atoms with Crippen LogP contribution in [0.5, 0.6) is 0 Å². The zero-order chi connectivity index (χ0) is 8.53. The number of hydroxylamine groups is 1. The van der Waals surface area contributed by atoms with E-state index >= 15 is 0 Å². The summed E-state index contributed by atoms with van der Waals surface area (Å²) in [6.07, 6.45) is 0.951. The summed E-state index contributed by atoms with van der Waals surface area (Å²) in [6, 6.07) is 0. The molecule has 0 aromatic carbocycles. The molecule has 0 rings (SSSR count). The Bertz CT molecular complexity index is 104. The van der Waals surface area contributed by atoms with Crippen LogP contribution in [0.15, 0.2) is 12.2 Å². The number of methoxy groups -OCH3 is 1. The van der Waals surface area contributed by atoms with Crippen LogP contribution in [-0.2, 0) is 9.57 Å². The molecule has 0 spiro atoms. The molecule has 0 heterocycles. The van der Waals surface area contributed by atoms with Gasteiger partial charge < -0.3 is 4.74 Å². The summed E-state index contributed by atoms with van der Waals surface area (Å²) in [5.41, 5.74) is 3.97. The van der Waals surface area contributed by atoms with Gasteiger partial charge in [-0.1, -0.05) is 5.57 Å². The van der Waals surface area contributed by atoms with Crippen LogP contribution in [0.25, 0.3) is 0 Å². The highest BCUT2D eigenvalue weighted by Gasteiger charge is 1.87. The molecule has 0 aromatic rings. The third kappa shape index (κ3) is 9.62. The number of hydrogen-bond donors (Lipinski definition) is 1. The first-order valence-corrected chi connectivity index (χ1v) is 3.75. The second-order valence-electron chi connectivity index (χ2n) is 2.44. The van der Waals surface area contributed by atoms with Gasteiger partial charge in [0.25, 0.3) is 0 Å². The van der Waals surface area contributed by atoms with Gasteiger partial charge in [0.2, 0.25) is 0 Å². The van der Waals surface area contributed by atoms with Gasteiger partial charge in [-0.3, -0.25) is 4.84 Å². The molecule has 3 nitrogen and oxygen atoms in total. The van der Waals surface area contributed by atoms with E-state index < -0.39 is 0 Å². The number of rotatable bonds is 7. The van der Waals surface area contributed by atoms with Gasteiger partial charge in [0.15, 0.2) is 0 Å². The van der Waals surface area contributed by atoms with Crippen molar-refractivity contribution in [3.05, 3.63) is 12.2 Å². The lowest BCUT2D eigenvalue weighted by atomic mass is 10.2. The van der Waals surface area contributed by atoms with Crippen molar-refractivity contribution in [1.82, 2.24) is 5.48 Å². The zero-order valence-corrected chi connectivity index (χ0v) is 7.35. The van der Waals surface area contributed by atoms with Crippen molar-refractivity contribution in [3.8, 4) is 0 Å². The Morgan fingerprint density at radius 1 is 1.45 bits per heavy atom. The highest BCUT2D eigenvalue weighted by atomic mass is 16.7. The van der Waals surface area contributed by atoms with E-state index in [0.717, 1.165) is 18.5 Å². The maximum absolute atomic E-state index is 5.01. The first kappa shape index (κ1) is 10.6. The van der Waals surface area contributed by atoms with Crippen LogP contribution in [0.2, 0.25) is 0 Å². The Morgan fingerprint density at radius 2 is 2.18 bits per heavy atom. The predicted octanol–water partition coefficient (Wildman–Crippen LogP) is 1.12. The smallest absolute Gasteiger partial charge is 0.0915 e. The lowest BCUT2D eigenvalue weighted by molar-refractivity contribution is 0.00761. The lowest BCUT2D eigenvalue weighted by Gasteiger charge is -2.04. The van der Waals surface area contributed by atoms with E-state index in [0.29, 0.717) is 13.2 Å². The largest absolute Gasteiger partial charge is 0.382 e. The quantitative estimate of drug-likeness (QED) is 0.343. The Labute approximate surface area is 68.3 Å². The van der Waals surface area contributed by atoms with Gasteiger partial charge in [-0.05, 0) is 13.3 Å². The predicted molar refractivity (Wildman–Crippen MR) is 45.3 cm³/mol. The van der Waals surface area contributed by atoms with Crippen molar-refractivity contribution in [2.24, 2.45) is 0 Å². The van der Waals surface area contributed by atoms with Gasteiger partial charge in [-0.25, -0.2) is 5.48 Å². The molecule has 66 valence electrons. The molecule has 0 atom stereocenters. The van der Waals surface area contributed by atoms with E-state index in [1.54, 1.807) is 7.11 Å². The van der Waals surface area contributed by atoms with Crippen LogP contribution >= 0.6 is 0 Å². The fraction of sp³-hybridized carbons (Fsp3) is 0.750. The molecule has 0 saturated heterocycles. The highest BCUT2D eigenvalue weighted by molar-refractivity contribution is 4.87. The summed E-state index contributed by atoms with van der Waals surface area (Å²) in [4.78, 5) is 5.01. The van der Waals surface area contributed by atoms with E-state index in [1.165, 1.54) is 0 Å². The fourth-order valence-corrected chi connectivity index (χ4v) is 0.534. The SMILES string of the molecule is C=C(C)CCNOCCOC. The molecule has 0 unspecified atom stereocenters. The molecule has 0 radical (unpaired) electrons. The van der Waals surface area contributed by atoms with Crippen molar-refractivity contribution in [2.45, 2.75) is 13.3 Å². The van der Waals surface area contributed by atoms with Gasteiger partial charge >= 0.3 is 0 Å². The molecule has 0 aliphatic carbocycles. The monoisotopic (exact) mass is 159 g/mol. The summed E-state index contributed by atoms with van der Waals surface area (Å²) in [7, 11) is 1.65. The average molecular weight is 159 g/mol. The van der Waals surface area contributed by atoms with Crippen LogP contribution in [0.1, 0.15) is 13.3 Å². The summed E-state index contributed by atoms with van der Waals surface area (Å²) < 4.78 is 4.79. The second-order valence-corrected chi connectivity index (χ2v) is 2.44. The highest BCUT2D eigenvalue weighted by Crippen LogP contribution is 1.91. The van der Waals surface area contributed by atoms with Gasteiger partial charge in [0, 0.05) is 13.7 Å². The molecule has 0 aliphatic heterocycles. The molecule has 0 saturated carbocycles. The van der Waals surface area contributed by atoms with Crippen LogP contribution in [-0.4, -0.2) is 26.9 Å². The summed E-state index contributed by atoms with van der Waals surface area (Å²) >= 11 is 0. The normalized spacial score (nSPS) is 10.0. The second kappa shape index (κ2) is 7.72. The van der Waals surface area contributed by atoms with Crippen LogP contribution in [0.4, 0.5) is 0 Å². The Hall–Kier alpha value is -0.380. The zero-order valence-electron chi connectivity index (χ0n) is 7.35. The third-order valence-electron chi connectivity index (χ3n) is 1.15. The van der Waals surface area contributed by atoms with E-state index in [1.807, 2.05) is 6.92 Å². The Balaban J connectivity index is 2.85. The van der Waals surface area contributed by atoms with E-state index in [4.69, 9.17) is 9.57 Å². The van der Waals surface area contributed by atoms with Crippen molar-refractivity contribution in [2.75, 3.05) is 26.9 Å². The van der Waals surface area contributed by atoms with Crippen LogP contribution < -0.4 is 5.48 Å². The van der Waals surface area contributed by atoms with Gasteiger partial charge in [-0.15, -0.1) is 6.58 Å². The molecule has 0 fully saturated rings. The molecule has 11 heavy (non-hydrogen) atoms. The van der Waals surface area contributed by atoms with Gasteiger partial charge in [-0.2, -0.15) is 0 Å². The summed E-state index contributed by atoms with van der Waals surface area (Å²) in [5, 5.41) is 0. The maximum atomic E-state index is 5.01.